The molecule has 7 nitrogen and oxygen atoms in total. The van der Waals surface area contributed by atoms with E-state index in [1.54, 1.807) is 0 Å². The van der Waals surface area contributed by atoms with Crippen molar-refractivity contribution >= 4 is 23.2 Å². The molecule has 1 aliphatic heterocycles. The molecule has 0 spiro atoms. The third-order valence-electron chi connectivity index (χ3n) is 4.83. The molecule has 2 unspecified atom stereocenters. The Hall–Kier alpha value is -2.03. The first-order valence-electron chi connectivity index (χ1n) is 9.36. The van der Waals surface area contributed by atoms with Gasteiger partial charge in [-0.3, -0.25) is 14.5 Å². The van der Waals surface area contributed by atoms with E-state index in [4.69, 9.17) is 10.5 Å². The highest BCUT2D eigenvalue weighted by Crippen LogP contribution is 2.20. The number of nitrogens with two attached hydrogens (primary N) is 1. The van der Waals surface area contributed by atoms with Crippen molar-refractivity contribution in [3.05, 3.63) is 24.0 Å². The van der Waals surface area contributed by atoms with E-state index < -0.39 is 11.9 Å². The molecule has 1 saturated heterocycles. The number of nitrogens with zero attached hydrogens (tertiary/aromatic N) is 1. The molecule has 150 valence electrons. The van der Waals surface area contributed by atoms with Crippen LogP contribution in [0.5, 0.6) is 0 Å². The predicted molar refractivity (Wildman–Crippen MR) is 103 cm³/mol. The number of rotatable bonds is 8. The lowest BCUT2D eigenvalue weighted by atomic mass is 9.99. The molecule has 1 aromatic carbocycles. The third kappa shape index (κ3) is 6.57. The summed E-state index contributed by atoms with van der Waals surface area (Å²) in [6.07, 6.45) is 1.04. The van der Waals surface area contributed by atoms with Crippen LogP contribution < -0.4 is 16.4 Å². The van der Waals surface area contributed by atoms with Crippen LogP contribution in [-0.4, -0.2) is 55.6 Å². The summed E-state index contributed by atoms with van der Waals surface area (Å²) in [6, 6.07) is 3.41. The molecule has 1 aromatic rings. The number of nitrogens with one attached hydrogen (secondary N) is 2. The van der Waals surface area contributed by atoms with Crippen LogP contribution in [0.1, 0.15) is 26.7 Å². The fourth-order valence-corrected chi connectivity index (χ4v) is 2.73. The van der Waals surface area contributed by atoms with Crippen LogP contribution in [0, 0.1) is 11.7 Å². The summed E-state index contributed by atoms with van der Waals surface area (Å²) in [5.74, 6) is -1.13. The summed E-state index contributed by atoms with van der Waals surface area (Å²) < 4.78 is 19.3. The standard InChI is InChI=1S/C19H29FN4O3/c1-3-13(2)18(21)19(26)22-14-4-5-15(20)16(12-14)23-17(25)6-7-24-8-10-27-11-9-24/h4-5,12-13,18H,3,6-11,21H2,1-2H3,(H,22,26)(H,23,25). The second-order valence-electron chi connectivity index (χ2n) is 6.85. The Morgan fingerprint density at radius 2 is 2.00 bits per heavy atom. The minimum atomic E-state index is -0.647. The maximum Gasteiger partial charge on any atom is 0.241 e. The molecule has 0 saturated carbocycles. The molecular formula is C19H29FN4O3. The lowest BCUT2D eigenvalue weighted by molar-refractivity contribution is -0.118. The van der Waals surface area contributed by atoms with Gasteiger partial charge in [-0.25, -0.2) is 4.39 Å². The van der Waals surface area contributed by atoms with Crippen LogP contribution in [0.2, 0.25) is 0 Å². The van der Waals surface area contributed by atoms with Crippen molar-refractivity contribution in [2.75, 3.05) is 43.5 Å². The largest absolute Gasteiger partial charge is 0.379 e. The molecule has 4 N–H and O–H groups in total. The van der Waals surface area contributed by atoms with Gasteiger partial charge in [0.25, 0.3) is 0 Å². The molecule has 2 rings (SSSR count). The second kappa shape index (κ2) is 10.3. The van der Waals surface area contributed by atoms with E-state index in [9.17, 15) is 14.0 Å². The van der Waals surface area contributed by atoms with Gasteiger partial charge in [0.2, 0.25) is 11.8 Å². The molecule has 27 heavy (non-hydrogen) atoms. The summed E-state index contributed by atoms with van der Waals surface area (Å²) >= 11 is 0. The normalized spacial score (nSPS) is 17.2. The number of benzene rings is 1. The molecule has 1 heterocycles. The van der Waals surface area contributed by atoms with Gasteiger partial charge in [0.1, 0.15) is 5.82 Å². The Morgan fingerprint density at radius 3 is 2.67 bits per heavy atom. The van der Waals surface area contributed by atoms with Gasteiger partial charge < -0.3 is 21.1 Å². The summed E-state index contributed by atoms with van der Waals surface area (Å²) in [7, 11) is 0. The lowest BCUT2D eigenvalue weighted by Gasteiger charge is -2.26. The number of halogens is 1. The summed E-state index contributed by atoms with van der Waals surface area (Å²) in [5.41, 5.74) is 6.34. The van der Waals surface area contributed by atoms with Gasteiger partial charge in [0.05, 0.1) is 24.9 Å². The quantitative estimate of drug-likeness (QED) is 0.639. The number of ether oxygens (including phenoxy) is 1. The van der Waals surface area contributed by atoms with Gasteiger partial charge in [-0.05, 0) is 24.1 Å². The number of anilines is 2. The molecule has 2 amide bonds. The Balaban J connectivity index is 1.91. The minimum Gasteiger partial charge on any atom is -0.379 e. The van der Waals surface area contributed by atoms with E-state index in [-0.39, 0.29) is 29.8 Å². The molecule has 1 aliphatic rings. The van der Waals surface area contributed by atoms with Crippen LogP contribution in [0.15, 0.2) is 18.2 Å². The molecule has 0 bridgehead atoms. The number of morpholine rings is 1. The zero-order valence-electron chi connectivity index (χ0n) is 16.0. The van der Waals surface area contributed by atoms with E-state index >= 15 is 0 Å². The molecule has 0 aliphatic carbocycles. The first kappa shape index (κ1) is 21.3. The van der Waals surface area contributed by atoms with Crippen molar-refractivity contribution in [1.29, 1.82) is 0 Å². The SMILES string of the molecule is CCC(C)C(N)C(=O)Nc1ccc(F)c(NC(=O)CCN2CCOCC2)c1. The summed E-state index contributed by atoms with van der Waals surface area (Å²) in [6.45, 7) is 7.36. The number of amides is 2. The maximum absolute atomic E-state index is 14.0. The van der Waals surface area contributed by atoms with Crippen LogP contribution in [0.3, 0.4) is 0 Å². The van der Waals surface area contributed by atoms with E-state index in [2.05, 4.69) is 15.5 Å². The fourth-order valence-electron chi connectivity index (χ4n) is 2.73. The molecule has 0 aromatic heterocycles. The topological polar surface area (TPSA) is 96.7 Å². The Bertz CT molecular complexity index is 650. The van der Waals surface area contributed by atoms with Crippen molar-refractivity contribution in [3.63, 3.8) is 0 Å². The van der Waals surface area contributed by atoms with Crippen LogP contribution in [0.4, 0.5) is 15.8 Å². The van der Waals surface area contributed by atoms with Crippen molar-refractivity contribution in [2.45, 2.75) is 32.7 Å². The molecule has 8 heteroatoms. The minimum absolute atomic E-state index is 0.0322. The average molecular weight is 380 g/mol. The highest BCUT2D eigenvalue weighted by atomic mass is 19.1. The smallest absolute Gasteiger partial charge is 0.241 e. The van der Waals surface area contributed by atoms with Crippen molar-refractivity contribution in [1.82, 2.24) is 4.90 Å². The van der Waals surface area contributed by atoms with Crippen molar-refractivity contribution in [2.24, 2.45) is 11.7 Å². The van der Waals surface area contributed by atoms with Gasteiger partial charge in [-0.1, -0.05) is 20.3 Å². The summed E-state index contributed by atoms with van der Waals surface area (Å²) in [5, 5.41) is 5.25. The van der Waals surface area contributed by atoms with E-state index in [1.807, 2.05) is 13.8 Å². The van der Waals surface area contributed by atoms with Crippen LogP contribution >= 0.6 is 0 Å². The van der Waals surface area contributed by atoms with Crippen molar-refractivity contribution in [3.8, 4) is 0 Å². The molecule has 1 fully saturated rings. The number of carbonyl (C=O) groups excluding carboxylic acids is 2. The van der Waals surface area contributed by atoms with E-state index in [0.29, 0.717) is 25.4 Å². The van der Waals surface area contributed by atoms with E-state index in [1.165, 1.54) is 18.2 Å². The molecule has 2 atom stereocenters. The third-order valence-corrected chi connectivity index (χ3v) is 4.83. The van der Waals surface area contributed by atoms with Gasteiger partial charge in [0.15, 0.2) is 0 Å². The van der Waals surface area contributed by atoms with Crippen LogP contribution in [0.25, 0.3) is 0 Å². The van der Waals surface area contributed by atoms with E-state index in [0.717, 1.165) is 19.5 Å². The first-order chi connectivity index (χ1) is 12.9. The summed E-state index contributed by atoms with van der Waals surface area (Å²) in [4.78, 5) is 26.4. The number of carbonyl (C=O) groups is 2. The first-order valence-corrected chi connectivity index (χ1v) is 9.36. The Labute approximate surface area is 159 Å². The fraction of sp³-hybridized carbons (Fsp3) is 0.579. The highest BCUT2D eigenvalue weighted by Gasteiger charge is 2.20. The molecule has 0 radical (unpaired) electrons. The second-order valence-corrected chi connectivity index (χ2v) is 6.85. The van der Waals surface area contributed by atoms with Gasteiger partial charge in [0, 0.05) is 31.7 Å². The predicted octanol–water partition coefficient (Wildman–Crippen LogP) is 1.80. The average Bonchev–Trinajstić information content (AvgIpc) is 2.68. The highest BCUT2D eigenvalue weighted by molar-refractivity contribution is 5.96. The van der Waals surface area contributed by atoms with Gasteiger partial charge in [-0.2, -0.15) is 0 Å². The molecular weight excluding hydrogens is 351 g/mol. The zero-order valence-corrected chi connectivity index (χ0v) is 16.0. The number of hydrogen-bond acceptors (Lipinski definition) is 5. The Kier molecular flexibility index (Phi) is 8.15. The van der Waals surface area contributed by atoms with Crippen LogP contribution in [-0.2, 0) is 14.3 Å². The monoisotopic (exact) mass is 380 g/mol. The Morgan fingerprint density at radius 1 is 1.30 bits per heavy atom. The number of hydrogen-bond donors (Lipinski definition) is 3. The van der Waals surface area contributed by atoms with Crippen molar-refractivity contribution < 1.29 is 18.7 Å². The zero-order chi connectivity index (χ0) is 19.8. The van der Waals surface area contributed by atoms with Gasteiger partial charge >= 0.3 is 0 Å². The van der Waals surface area contributed by atoms with Gasteiger partial charge in [-0.15, -0.1) is 0 Å². The maximum atomic E-state index is 14.0. The lowest BCUT2D eigenvalue weighted by Crippen LogP contribution is -2.40.